The first-order valence-electron chi connectivity index (χ1n) is 9.45. The Hall–Kier alpha value is -2.47. The maximum atomic E-state index is 13.0. The summed E-state index contributed by atoms with van der Waals surface area (Å²) in [5.74, 6) is -1.39. The topological polar surface area (TPSA) is 86.7 Å². The molecule has 3 amide bonds. The maximum absolute atomic E-state index is 13.0. The second kappa shape index (κ2) is 8.05. The molecule has 1 heterocycles. The number of imide groups is 1. The molecule has 0 aromatic heterocycles. The zero-order valence-electron chi connectivity index (χ0n) is 15.7. The van der Waals surface area contributed by atoms with Crippen molar-refractivity contribution in [1.82, 2.24) is 4.90 Å². The number of amides is 3. The van der Waals surface area contributed by atoms with Crippen molar-refractivity contribution in [2.75, 3.05) is 5.32 Å². The Morgan fingerprint density at radius 3 is 2.37 bits per heavy atom. The molecule has 0 saturated carbocycles. The molecule has 6 heteroatoms. The third-order valence-corrected chi connectivity index (χ3v) is 5.23. The minimum atomic E-state index is -0.826. The van der Waals surface area contributed by atoms with E-state index in [4.69, 9.17) is 0 Å². The standard InChI is InChI=1S/C21H26N2O4/c1-13(2)10-18(19(25)22-15-7-5-6-14(11-15)12-24)23-20(26)16-8-3-4-9-17(16)21(23)27/h3-7,11,13,16-18,24H,8-10,12H2,1-2H3,(H,22,25). The molecule has 1 aliphatic heterocycles. The third kappa shape index (κ3) is 3.95. The number of hydrogen-bond donors (Lipinski definition) is 2. The van der Waals surface area contributed by atoms with E-state index in [1.165, 1.54) is 4.90 Å². The predicted molar refractivity (Wildman–Crippen MR) is 101 cm³/mol. The van der Waals surface area contributed by atoms with Crippen molar-refractivity contribution in [3.05, 3.63) is 42.0 Å². The summed E-state index contributed by atoms with van der Waals surface area (Å²) in [6.07, 6.45) is 5.40. The summed E-state index contributed by atoms with van der Waals surface area (Å²) in [7, 11) is 0. The van der Waals surface area contributed by atoms with Crippen LogP contribution in [0, 0.1) is 17.8 Å². The molecule has 144 valence electrons. The van der Waals surface area contributed by atoms with Crippen LogP contribution < -0.4 is 5.32 Å². The number of allylic oxidation sites excluding steroid dienone is 2. The van der Waals surface area contributed by atoms with E-state index in [9.17, 15) is 19.5 Å². The lowest BCUT2D eigenvalue weighted by Gasteiger charge is -2.27. The van der Waals surface area contributed by atoms with E-state index in [-0.39, 0.29) is 42.1 Å². The fraction of sp³-hybridized carbons (Fsp3) is 0.476. The highest BCUT2D eigenvalue weighted by molar-refractivity contribution is 6.10. The number of fused-ring (bicyclic) bond motifs is 1. The van der Waals surface area contributed by atoms with E-state index < -0.39 is 6.04 Å². The summed E-state index contributed by atoms with van der Waals surface area (Å²) in [6, 6.07) is 6.08. The molecule has 6 nitrogen and oxygen atoms in total. The van der Waals surface area contributed by atoms with E-state index in [2.05, 4.69) is 5.32 Å². The number of likely N-dealkylation sites (tertiary alicyclic amines) is 1. The minimum Gasteiger partial charge on any atom is -0.392 e. The Morgan fingerprint density at radius 2 is 1.81 bits per heavy atom. The van der Waals surface area contributed by atoms with Crippen LogP contribution in [0.4, 0.5) is 5.69 Å². The van der Waals surface area contributed by atoms with Crippen LogP contribution >= 0.6 is 0 Å². The fourth-order valence-electron chi connectivity index (χ4n) is 3.88. The van der Waals surface area contributed by atoms with Crippen molar-refractivity contribution in [3.8, 4) is 0 Å². The highest BCUT2D eigenvalue weighted by Crippen LogP contribution is 2.37. The van der Waals surface area contributed by atoms with Gasteiger partial charge in [-0.2, -0.15) is 0 Å². The molecular weight excluding hydrogens is 344 g/mol. The number of aliphatic hydroxyl groups excluding tert-OH is 1. The van der Waals surface area contributed by atoms with Crippen LogP contribution in [0.15, 0.2) is 36.4 Å². The number of hydrogen-bond acceptors (Lipinski definition) is 4. The van der Waals surface area contributed by atoms with Gasteiger partial charge in [-0.25, -0.2) is 0 Å². The Bertz CT molecular complexity index is 745. The van der Waals surface area contributed by atoms with Crippen molar-refractivity contribution in [2.24, 2.45) is 17.8 Å². The second-order valence-electron chi connectivity index (χ2n) is 7.70. The van der Waals surface area contributed by atoms with Crippen molar-refractivity contribution < 1.29 is 19.5 Å². The zero-order chi connectivity index (χ0) is 19.6. The molecule has 1 saturated heterocycles. The van der Waals surface area contributed by atoms with Crippen LogP contribution in [0.25, 0.3) is 0 Å². The average Bonchev–Trinajstić information content (AvgIpc) is 2.91. The van der Waals surface area contributed by atoms with Crippen LogP contribution in [-0.2, 0) is 21.0 Å². The molecule has 0 spiro atoms. The van der Waals surface area contributed by atoms with Crippen LogP contribution in [-0.4, -0.2) is 33.8 Å². The zero-order valence-corrected chi connectivity index (χ0v) is 15.7. The molecule has 0 radical (unpaired) electrons. The number of anilines is 1. The van der Waals surface area contributed by atoms with E-state index in [0.717, 1.165) is 0 Å². The van der Waals surface area contributed by atoms with Crippen molar-refractivity contribution in [1.29, 1.82) is 0 Å². The summed E-state index contributed by atoms with van der Waals surface area (Å²) in [4.78, 5) is 40.0. The molecular formula is C21H26N2O4. The molecule has 1 aromatic carbocycles. The molecule has 3 unspecified atom stereocenters. The normalized spacial score (nSPS) is 22.9. The molecule has 27 heavy (non-hydrogen) atoms. The summed E-state index contributed by atoms with van der Waals surface area (Å²) < 4.78 is 0. The number of aliphatic hydroxyl groups is 1. The highest BCUT2D eigenvalue weighted by Gasteiger charge is 2.51. The summed E-state index contributed by atoms with van der Waals surface area (Å²) >= 11 is 0. The van der Waals surface area contributed by atoms with Gasteiger partial charge in [-0.05, 0) is 42.9 Å². The van der Waals surface area contributed by atoms with E-state index in [0.29, 0.717) is 30.5 Å². The lowest BCUT2D eigenvalue weighted by atomic mass is 9.85. The Kier molecular flexibility index (Phi) is 5.75. The van der Waals surface area contributed by atoms with Crippen LogP contribution in [0.1, 0.15) is 38.7 Å². The largest absolute Gasteiger partial charge is 0.392 e. The second-order valence-corrected chi connectivity index (χ2v) is 7.70. The van der Waals surface area contributed by atoms with Crippen LogP contribution in [0.5, 0.6) is 0 Å². The van der Waals surface area contributed by atoms with Crippen molar-refractivity contribution in [3.63, 3.8) is 0 Å². The molecule has 1 aromatic rings. The minimum absolute atomic E-state index is 0.126. The Labute approximate surface area is 159 Å². The molecule has 2 aliphatic rings. The molecule has 2 N–H and O–H groups in total. The van der Waals surface area contributed by atoms with Crippen LogP contribution in [0.2, 0.25) is 0 Å². The number of benzene rings is 1. The van der Waals surface area contributed by atoms with Crippen molar-refractivity contribution in [2.45, 2.75) is 45.8 Å². The molecule has 1 fully saturated rings. The Balaban J connectivity index is 1.84. The molecule has 0 bridgehead atoms. The van der Waals surface area contributed by atoms with Gasteiger partial charge in [-0.3, -0.25) is 19.3 Å². The summed E-state index contributed by atoms with van der Waals surface area (Å²) in [6.45, 7) is 3.80. The third-order valence-electron chi connectivity index (χ3n) is 5.23. The SMILES string of the molecule is CC(C)CC(C(=O)Nc1cccc(CO)c1)N1C(=O)C2CC=CCC2C1=O. The molecule has 1 aliphatic carbocycles. The van der Waals surface area contributed by atoms with E-state index in [1.54, 1.807) is 24.3 Å². The van der Waals surface area contributed by atoms with Crippen LogP contribution in [0.3, 0.4) is 0 Å². The summed E-state index contributed by atoms with van der Waals surface area (Å²) in [5.41, 5.74) is 1.22. The maximum Gasteiger partial charge on any atom is 0.247 e. The fourth-order valence-corrected chi connectivity index (χ4v) is 3.88. The van der Waals surface area contributed by atoms with Gasteiger partial charge in [0, 0.05) is 5.69 Å². The highest BCUT2D eigenvalue weighted by atomic mass is 16.3. The first-order valence-corrected chi connectivity index (χ1v) is 9.45. The quantitative estimate of drug-likeness (QED) is 0.595. The van der Waals surface area contributed by atoms with Gasteiger partial charge in [0.2, 0.25) is 17.7 Å². The van der Waals surface area contributed by atoms with E-state index >= 15 is 0 Å². The van der Waals surface area contributed by atoms with Gasteiger partial charge in [0.05, 0.1) is 18.4 Å². The Morgan fingerprint density at radius 1 is 1.19 bits per heavy atom. The van der Waals surface area contributed by atoms with Gasteiger partial charge >= 0.3 is 0 Å². The number of carbonyl (C=O) groups excluding carboxylic acids is 3. The van der Waals surface area contributed by atoms with Gasteiger partial charge in [0.15, 0.2) is 0 Å². The van der Waals surface area contributed by atoms with Gasteiger partial charge < -0.3 is 10.4 Å². The predicted octanol–water partition coefficient (Wildman–Crippen LogP) is 2.48. The average molecular weight is 370 g/mol. The lowest BCUT2D eigenvalue weighted by molar-refractivity contribution is -0.147. The lowest BCUT2D eigenvalue weighted by Crippen LogP contribution is -2.48. The molecule has 3 rings (SSSR count). The number of nitrogens with zero attached hydrogens (tertiary/aromatic N) is 1. The number of carbonyl (C=O) groups is 3. The van der Waals surface area contributed by atoms with Gasteiger partial charge in [0.1, 0.15) is 6.04 Å². The van der Waals surface area contributed by atoms with Gasteiger partial charge in [-0.1, -0.05) is 38.1 Å². The van der Waals surface area contributed by atoms with Gasteiger partial charge in [0.25, 0.3) is 0 Å². The first kappa shape index (κ1) is 19.3. The smallest absolute Gasteiger partial charge is 0.247 e. The summed E-state index contributed by atoms with van der Waals surface area (Å²) in [5, 5.41) is 12.1. The monoisotopic (exact) mass is 370 g/mol. The van der Waals surface area contributed by atoms with E-state index in [1.807, 2.05) is 26.0 Å². The van der Waals surface area contributed by atoms with Crippen molar-refractivity contribution >= 4 is 23.4 Å². The molecule has 3 atom stereocenters. The van der Waals surface area contributed by atoms with Gasteiger partial charge in [-0.15, -0.1) is 0 Å². The number of nitrogens with one attached hydrogen (secondary N) is 1. The first-order chi connectivity index (χ1) is 12.9. The number of rotatable bonds is 6.